The van der Waals surface area contributed by atoms with Gasteiger partial charge in [0.25, 0.3) is 5.91 Å². The summed E-state index contributed by atoms with van der Waals surface area (Å²) < 4.78 is 5.52. The van der Waals surface area contributed by atoms with Gasteiger partial charge in [-0.25, -0.2) is 9.97 Å². The Hall–Kier alpha value is -2.67. The third-order valence-corrected chi connectivity index (χ3v) is 4.12. The number of anilines is 2. The van der Waals surface area contributed by atoms with Crippen LogP contribution in [0, 0.1) is 0 Å². The van der Waals surface area contributed by atoms with E-state index in [1.54, 1.807) is 12.4 Å². The van der Waals surface area contributed by atoms with Gasteiger partial charge in [0.05, 0.1) is 17.9 Å². The van der Waals surface area contributed by atoms with Crippen LogP contribution < -0.4 is 15.0 Å². The molecule has 0 saturated carbocycles. The summed E-state index contributed by atoms with van der Waals surface area (Å²) in [7, 11) is 2.10. The van der Waals surface area contributed by atoms with Gasteiger partial charge in [0.2, 0.25) is 5.95 Å². The molecule has 1 aliphatic rings. The number of amides is 1. The molecule has 1 aromatic heterocycles. The van der Waals surface area contributed by atoms with Gasteiger partial charge in [0.1, 0.15) is 5.75 Å². The van der Waals surface area contributed by atoms with Gasteiger partial charge in [-0.3, -0.25) is 4.79 Å². The van der Waals surface area contributed by atoms with Crippen molar-refractivity contribution in [3.8, 4) is 5.75 Å². The molecule has 25 heavy (non-hydrogen) atoms. The number of rotatable bonds is 5. The van der Waals surface area contributed by atoms with E-state index >= 15 is 0 Å². The Kier molecular flexibility index (Phi) is 5.45. The molecule has 1 N–H and O–H groups in total. The minimum atomic E-state index is -0.253. The molecule has 132 valence electrons. The van der Waals surface area contributed by atoms with E-state index < -0.39 is 0 Å². The van der Waals surface area contributed by atoms with Crippen LogP contribution in [0.15, 0.2) is 36.7 Å². The molecule has 1 aromatic carbocycles. The molecule has 1 fully saturated rings. The maximum absolute atomic E-state index is 12.4. The third-order valence-electron chi connectivity index (χ3n) is 4.12. The molecule has 7 heteroatoms. The summed E-state index contributed by atoms with van der Waals surface area (Å²) in [5, 5.41) is 2.85. The minimum absolute atomic E-state index is 0.253. The lowest BCUT2D eigenvalue weighted by molar-refractivity contribution is 0.102. The van der Waals surface area contributed by atoms with E-state index in [-0.39, 0.29) is 5.91 Å². The van der Waals surface area contributed by atoms with Gasteiger partial charge < -0.3 is 19.9 Å². The van der Waals surface area contributed by atoms with Crippen LogP contribution in [-0.2, 0) is 0 Å². The Morgan fingerprint density at radius 1 is 1.16 bits per heavy atom. The molecular weight excluding hydrogens is 318 g/mol. The standard InChI is InChI=1S/C18H23N5O2/c1-3-25-16-7-5-4-6-15(16)21-17(24)14-12-19-18(20-13-14)23-10-8-22(2)9-11-23/h4-7,12-13H,3,8-11H2,1-2H3,(H,21,24). The molecule has 2 heterocycles. The first-order chi connectivity index (χ1) is 12.2. The second-order valence-electron chi connectivity index (χ2n) is 5.95. The van der Waals surface area contributed by atoms with Crippen molar-refractivity contribution in [2.24, 2.45) is 0 Å². The van der Waals surface area contributed by atoms with Gasteiger partial charge in [-0.2, -0.15) is 0 Å². The van der Waals surface area contributed by atoms with Gasteiger partial charge >= 0.3 is 0 Å². The fourth-order valence-corrected chi connectivity index (χ4v) is 2.65. The molecule has 0 spiro atoms. The number of nitrogens with zero attached hydrogens (tertiary/aromatic N) is 4. The summed E-state index contributed by atoms with van der Waals surface area (Å²) in [5.41, 5.74) is 1.06. The number of carbonyl (C=O) groups excluding carboxylic acids is 1. The van der Waals surface area contributed by atoms with Crippen LogP contribution in [0.5, 0.6) is 5.75 Å². The number of piperazine rings is 1. The molecule has 0 unspecified atom stereocenters. The number of aromatic nitrogens is 2. The van der Waals surface area contributed by atoms with Gasteiger partial charge in [-0.15, -0.1) is 0 Å². The van der Waals surface area contributed by atoms with Crippen molar-refractivity contribution in [1.82, 2.24) is 14.9 Å². The largest absolute Gasteiger partial charge is 0.492 e. The zero-order valence-electron chi connectivity index (χ0n) is 14.6. The fourth-order valence-electron chi connectivity index (χ4n) is 2.65. The summed E-state index contributed by atoms with van der Waals surface area (Å²) >= 11 is 0. The number of ether oxygens (including phenoxy) is 1. The molecule has 0 atom stereocenters. The second kappa shape index (κ2) is 7.94. The van der Waals surface area contributed by atoms with E-state index in [2.05, 4.69) is 32.1 Å². The molecule has 0 aliphatic carbocycles. The van der Waals surface area contributed by atoms with E-state index in [1.807, 2.05) is 31.2 Å². The van der Waals surface area contributed by atoms with Crippen LogP contribution in [-0.4, -0.2) is 60.6 Å². The van der Waals surface area contributed by atoms with E-state index in [4.69, 9.17) is 4.74 Å². The summed E-state index contributed by atoms with van der Waals surface area (Å²) in [6.07, 6.45) is 3.14. The number of carbonyl (C=O) groups is 1. The number of nitrogens with one attached hydrogen (secondary N) is 1. The predicted molar refractivity (Wildman–Crippen MR) is 97.3 cm³/mol. The molecule has 1 aliphatic heterocycles. The molecular formula is C18H23N5O2. The monoisotopic (exact) mass is 341 g/mol. The Balaban J connectivity index is 1.67. The number of hydrogen-bond donors (Lipinski definition) is 1. The van der Waals surface area contributed by atoms with Gasteiger partial charge in [-0.05, 0) is 26.1 Å². The lowest BCUT2D eigenvalue weighted by atomic mass is 10.2. The number of para-hydroxylation sites is 2. The van der Waals surface area contributed by atoms with Crippen LogP contribution >= 0.6 is 0 Å². The quantitative estimate of drug-likeness (QED) is 0.895. The highest BCUT2D eigenvalue weighted by Crippen LogP contribution is 2.24. The second-order valence-corrected chi connectivity index (χ2v) is 5.95. The Labute approximate surface area is 147 Å². The Morgan fingerprint density at radius 2 is 1.84 bits per heavy atom. The molecule has 1 saturated heterocycles. The highest BCUT2D eigenvalue weighted by molar-refractivity contribution is 6.04. The van der Waals surface area contributed by atoms with E-state index in [0.717, 1.165) is 26.2 Å². The highest BCUT2D eigenvalue weighted by Gasteiger charge is 2.17. The van der Waals surface area contributed by atoms with E-state index in [9.17, 15) is 4.79 Å². The Bertz CT molecular complexity index is 712. The first-order valence-electron chi connectivity index (χ1n) is 8.46. The average molecular weight is 341 g/mol. The highest BCUT2D eigenvalue weighted by atomic mass is 16.5. The van der Waals surface area contributed by atoms with Crippen LogP contribution in [0.25, 0.3) is 0 Å². The summed E-state index contributed by atoms with van der Waals surface area (Å²) in [4.78, 5) is 25.5. The van der Waals surface area contributed by atoms with Gasteiger partial charge in [0, 0.05) is 38.6 Å². The van der Waals surface area contributed by atoms with Crippen molar-refractivity contribution in [3.63, 3.8) is 0 Å². The fraction of sp³-hybridized carbons (Fsp3) is 0.389. The van der Waals surface area contributed by atoms with Crippen molar-refractivity contribution in [3.05, 3.63) is 42.2 Å². The number of likely N-dealkylation sites (N-methyl/N-ethyl adjacent to an activating group) is 1. The minimum Gasteiger partial charge on any atom is -0.492 e. The molecule has 2 aromatic rings. The molecule has 0 bridgehead atoms. The number of benzene rings is 1. The lowest BCUT2D eigenvalue weighted by Gasteiger charge is -2.32. The first-order valence-corrected chi connectivity index (χ1v) is 8.46. The average Bonchev–Trinajstić information content (AvgIpc) is 2.64. The summed E-state index contributed by atoms with van der Waals surface area (Å²) in [6, 6.07) is 7.36. The van der Waals surface area contributed by atoms with Gasteiger partial charge in [-0.1, -0.05) is 12.1 Å². The van der Waals surface area contributed by atoms with E-state index in [0.29, 0.717) is 29.6 Å². The van der Waals surface area contributed by atoms with Crippen molar-refractivity contribution in [2.45, 2.75) is 6.92 Å². The van der Waals surface area contributed by atoms with Crippen LogP contribution in [0.3, 0.4) is 0 Å². The zero-order chi connectivity index (χ0) is 17.6. The SMILES string of the molecule is CCOc1ccccc1NC(=O)c1cnc(N2CCN(C)CC2)nc1. The maximum Gasteiger partial charge on any atom is 0.258 e. The summed E-state index contributed by atoms with van der Waals surface area (Å²) in [6.45, 7) is 6.20. The van der Waals surface area contributed by atoms with Crippen molar-refractivity contribution in [1.29, 1.82) is 0 Å². The van der Waals surface area contributed by atoms with E-state index in [1.165, 1.54) is 0 Å². The van der Waals surface area contributed by atoms with Gasteiger partial charge in [0.15, 0.2) is 0 Å². The smallest absolute Gasteiger partial charge is 0.258 e. The molecule has 0 radical (unpaired) electrons. The normalized spacial score (nSPS) is 15.0. The van der Waals surface area contributed by atoms with Crippen LogP contribution in [0.4, 0.5) is 11.6 Å². The van der Waals surface area contributed by atoms with Crippen molar-refractivity contribution < 1.29 is 9.53 Å². The van der Waals surface area contributed by atoms with Crippen molar-refractivity contribution in [2.75, 3.05) is 50.1 Å². The van der Waals surface area contributed by atoms with Crippen molar-refractivity contribution >= 4 is 17.5 Å². The molecule has 1 amide bonds. The first kappa shape index (κ1) is 17.2. The molecule has 7 nitrogen and oxygen atoms in total. The molecule has 3 rings (SSSR count). The number of hydrogen-bond acceptors (Lipinski definition) is 6. The third kappa shape index (κ3) is 4.24. The summed E-state index contributed by atoms with van der Waals surface area (Å²) in [5.74, 6) is 1.06. The lowest BCUT2D eigenvalue weighted by Crippen LogP contribution is -2.45. The van der Waals surface area contributed by atoms with Crippen LogP contribution in [0.2, 0.25) is 0 Å². The topological polar surface area (TPSA) is 70.6 Å². The maximum atomic E-state index is 12.4. The predicted octanol–water partition coefficient (Wildman–Crippen LogP) is 1.88. The zero-order valence-corrected chi connectivity index (χ0v) is 14.6. The van der Waals surface area contributed by atoms with Crippen LogP contribution in [0.1, 0.15) is 17.3 Å². The Morgan fingerprint density at radius 3 is 2.52 bits per heavy atom.